The number of fused-ring (bicyclic) bond motifs is 1. The number of halogens is 1. The van der Waals surface area contributed by atoms with E-state index in [0.29, 0.717) is 21.8 Å². The zero-order chi connectivity index (χ0) is 22.7. The summed E-state index contributed by atoms with van der Waals surface area (Å²) in [4.78, 5) is 16.8. The van der Waals surface area contributed by atoms with Crippen LogP contribution in [-0.4, -0.2) is 28.5 Å². The van der Waals surface area contributed by atoms with Crippen LogP contribution in [0.1, 0.15) is 27.7 Å². The molecule has 0 N–H and O–H groups in total. The molecule has 1 aliphatic rings. The average Bonchev–Trinajstić information content (AvgIpc) is 3.30. The van der Waals surface area contributed by atoms with Crippen molar-refractivity contribution in [3.05, 3.63) is 64.0 Å². The first-order valence-corrected chi connectivity index (χ1v) is 10.5. The zero-order valence-corrected chi connectivity index (χ0v) is 18.8. The summed E-state index contributed by atoms with van der Waals surface area (Å²) in [6.45, 7) is 8.05. The molecule has 0 spiro atoms. The first-order chi connectivity index (χ1) is 15.1. The van der Waals surface area contributed by atoms with Gasteiger partial charge in [0, 0.05) is 16.0 Å². The van der Waals surface area contributed by atoms with Gasteiger partial charge in [0.2, 0.25) is 5.82 Å². The van der Waals surface area contributed by atoms with Crippen molar-refractivity contribution in [3.63, 3.8) is 0 Å². The van der Waals surface area contributed by atoms with E-state index in [1.807, 2.05) is 52.0 Å². The minimum Gasteiger partial charge on any atom is -0.422 e. The third-order valence-corrected chi connectivity index (χ3v) is 6.28. The summed E-state index contributed by atoms with van der Waals surface area (Å²) in [5.41, 5.74) is 0.838. The Kier molecular flexibility index (Phi) is 4.78. The lowest BCUT2D eigenvalue weighted by molar-refractivity contribution is 0.00578. The molecule has 3 heterocycles. The van der Waals surface area contributed by atoms with Crippen LogP contribution in [0.3, 0.4) is 0 Å². The van der Waals surface area contributed by atoms with Crippen molar-refractivity contribution in [3.8, 4) is 22.8 Å². The molecule has 9 heteroatoms. The predicted molar refractivity (Wildman–Crippen MR) is 122 cm³/mol. The molecule has 4 aromatic rings. The van der Waals surface area contributed by atoms with Gasteiger partial charge in [0.05, 0.1) is 11.2 Å². The van der Waals surface area contributed by atoms with Gasteiger partial charge in [-0.15, -0.1) is 0 Å². The fourth-order valence-corrected chi connectivity index (χ4v) is 3.64. The summed E-state index contributed by atoms with van der Waals surface area (Å²) in [6.07, 6.45) is 0. The molecule has 0 atom stereocenters. The lowest BCUT2D eigenvalue weighted by Crippen LogP contribution is -2.41. The predicted octanol–water partition coefficient (Wildman–Crippen LogP) is 4.46. The zero-order valence-electron chi connectivity index (χ0n) is 18.0. The van der Waals surface area contributed by atoms with Gasteiger partial charge in [-0.05, 0) is 57.4 Å². The smallest absolute Gasteiger partial charge is 0.422 e. The Hall–Kier alpha value is -2.94. The lowest BCUT2D eigenvalue weighted by atomic mass is 9.79. The highest BCUT2D eigenvalue weighted by atomic mass is 35.5. The average molecular weight is 451 g/mol. The van der Waals surface area contributed by atoms with Gasteiger partial charge in [0.1, 0.15) is 11.1 Å². The van der Waals surface area contributed by atoms with Crippen LogP contribution in [0, 0.1) is 0 Å². The van der Waals surface area contributed by atoms with Crippen LogP contribution in [0.15, 0.2) is 62.3 Å². The molecule has 7 nitrogen and oxygen atoms in total. The fraction of sp³-hybridized carbons (Fsp3) is 0.261. The summed E-state index contributed by atoms with van der Waals surface area (Å²) < 4.78 is 22.9. The molecule has 0 amide bonds. The Morgan fingerprint density at radius 1 is 0.938 bits per heavy atom. The summed E-state index contributed by atoms with van der Waals surface area (Å²) in [5.74, 6) is 0.428. The van der Waals surface area contributed by atoms with Gasteiger partial charge in [-0.3, -0.25) is 0 Å². The molecule has 0 radical (unpaired) electrons. The molecule has 0 unspecified atom stereocenters. The number of nitrogens with zero attached hydrogens (tertiary/aromatic N) is 2. The van der Waals surface area contributed by atoms with Crippen molar-refractivity contribution in [2.45, 2.75) is 38.9 Å². The third-order valence-electron chi connectivity index (χ3n) is 6.04. The number of hydrogen-bond acceptors (Lipinski definition) is 7. The van der Waals surface area contributed by atoms with E-state index in [1.165, 1.54) is 0 Å². The summed E-state index contributed by atoms with van der Waals surface area (Å²) >= 11 is 6.04. The van der Waals surface area contributed by atoms with Crippen molar-refractivity contribution in [1.82, 2.24) is 10.1 Å². The Morgan fingerprint density at radius 2 is 1.62 bits per heavy atom. The van der Waals surface area contributed by atoms with Crippen molar-refractivity contribution in [2.75, 3.05) is 0 Å². The molecular formula is C23H20BClN2O5. The normalized spacial score (nSPS) is 17.2. The number of rotatable bonds is 3. The van der Waals surface area contributed by atoms with E-state index in [1.54, 1.807) is 24.3 Å². The van der Waals surface area contributed by atoms with Crippen LogP contribution in [0.4, 0.5) is 0 Å². The fourth-order valence-electron chi connectivity index (χ4n) is 3.46. The quantitative estimate of drug-likeness (QED) is 0.336. The highest BCUT2D eigenvalue weighted by molar-refractivity contribution is 6.62. The highest BCUT2D eigenvalue weighted by Crippen LogP contribution is 2.36. The van der Waals surface area contributed by atoms with Gasteiger partial charge in [0.15, 0.2) is 0 Å². The van der Waals surface area contributed by atoms with Gasteiger partial charge in [-0.2, -0.15) is 4.98 Å². The maximum absolute atomic E-state index is 12.4. The second-order valence-electron chi connectivity index (χ2n) is 8.76. The van der Waals surface area contributed by atoms with E-state index in [9.17, 15) is 4.79 Å². The van der Waals surface area contributed by atoms with Crippen molar-refractivity contribution < 1.29 is 18.2 Å². The molecule has 1 fully saturated rings. The minimum atomic E-state index is -0.564. The standard InChI is InChI=1S/C23H20BClN2O5/c1-22(2)23(3,4)32-24(31-22)15-7-5-13(6-8-15)19-26-20(30-27-19)17-12-14-11-16(25)9-10-18(14)29-21(17)28/h5-12H,1-4H3. The van der Waals surface area contributed by atoms with E-state index in [2.05, 4.69) is 10.1 Å². The molecule has 0 aliphatic carbocycles. The van der Waals surface area contributed by atoms with Crippen LogP contribution in [-0.2, 0) is 9.31 Å². The van der Waals surface area contributed by atoms with Gasteiger partial charge < -0.3 is 18.2 Å². The Morgan fingerprint density at radius 3 is 2.31 bits per heavy atom. The van der Waals surface area contributed by atoms with Gasteiger partial charge in [-0.1, -0.05) is 41.0 Å². The maximum atomic E-state index is 12.4. The monoisotopic (exact) mass is 450 g/mol. The first-order valence-electron chi connectivity index (χ1n) is 10.2. The van der Waals surface area contributed by atoms with Crippen LogP contribution < -0.4 is 11.1 Å². The van der Waals surface area contributed by atoms with E-state index in [-0.39, 0.29) is 11.5 Å². The minimum absolute atomic E-state index is 0.0747. The molecular weight excluding hydrogens is 431 g/mol. The van der Waals surface area contributed by atoms with E-state index < -0.39 is 23.9 Å². The van der Waals surface area contributed by atoms with Gasteiger partial charge in [0.25, 0.3) is 5.89 Å². The number of benzene rings is 2. The van der Waals surface area contributed by atoms with Gasteiger partial charge in [-0.25, -0.2) is 4.79 Å². The van der Waals surface area contributed by atoms with Crippen molar-refractivity contribution in [1.29, 1.82) is 0 Å². The summed E-state index contributed by atoms with van der Waals surface area (Å²) in [5, 5.41) is 5.22. The lowest BCUT2D eigenvalue weighted by Gasteiger charge is -2.32. The largest absolute Gasteiger partial charge is 0.494 e. The molecule has 0 bridgehead atoms. The Bertz CT molecular complexity index is 1360. The van der Waals surface area contributed by atoms with Crippen LogP contribution >= 0.6 is 11.6 Å². The number of aromatic nitrogens is 2. The Balaban J connectivity index is 1.43. The first kappa shape index (κ1) is 20.9. The van der Waals surface area contributed by atoms with Crippen molar-refractivity contribution >= 4 is 35.2 Å². The molecule has 1 aliphatic heterocycles. The van der Waals surface area contributed by atoms with Crippen LogP contribution in [0.25, 0.3) is 33.8 Å². The highest BCUT2D eigenvalue weighted by Gasteiger charge is 2.51. The number of hydrogen-bond donors (Lipinski definition) is 0. The molecule has 32 heavy (non-hydrogen) atoms. The van der Waals surface area contributed by atoms with E-state index >= 15 is 0 Å². The van der Waals surface area contributed by atoms with Crippen molar-refractivity contribution in [2.24, 2.45) is 0 Å². The second-order valence-corrected chi connectivity index (χ2v) is 9.20. The molecule has 2 aromatic carbocycles. The SMILES string of the molecule is CC1(C)OB(c2ccc(-c3noc(-c4cc5cc(Cl)ccc5oc4=O)n3)cc2)OC1(C)C. The molecule has 1 saturated heterocycles. The third kappa shape index (κ3) is 3.54. The second kappa shape index (κ2) is 7.30. The maximum Gasteiger partial charge on any atom is 0.494 e. The van der Waals surface area contributed by atoms with E-state index in [0.717, 1.165) is 11.0 Å². The molecule has 2 aromatic heterocycles. The molecule has 0 saturated carbocycles. The summed E-state index contributed by atoms with van der Waals surface area (Å²) in [7, 11) is -0.455. The van der Waals surface area contributed by atoms with Crippen LogP contribution in [0.2, 0.25) is 5.02 Å². The molecule has 162 valence electrons. The topological polar surface area (TPSA) is 87.6 Å². The van der Waals surface area contributed by atoms with Crippen LogP contribution in [0.5, 0.6) is 0 Å². The van der Waals surface area contributed by atoms with Gasteiger partial charge >= 0.3 is 12.7 Å². The van der Waals surface area contributed by atoms with E-state index in [4.69, 9.17) is 29.8 Å². The summed E-state index contributed by atoms with van der Waals surface area (Å²) in [6, 6.07) is 14.2. The molecule has 5 rings (SSSR count). The Labute approximate surface area is 189 Å².